The topological polar surface area (TPSA) is 60.7 Å². The molecule has 1 aromatic heterocycles. The Morgan fingerprint density at radius 2 is 2.06 bits per heavy atom. The zero-order chi connectivity index (χ0) is 13.0. The Hall–Kier alpha value is -1.56. The van der Waals surface area contributed by atoms with Crippen LogP contribution in [0.5, 0.6) is 0 Å². The molecule has 0 aliphatic heterocycles. The summed E-state index contributed by atoms with van der Waals surface area (Å²) in [6.45, 7) is 2.08. The van der Waals surface area contributed by atoms with Crippen molar-refractivity contribution in [2.75, 3.05) is 0 Å². The van der Waals surface area contributed by atoms with Crippen LogP contribution in [0.2, 0.25) is 0 Å². The first-order valence-electron chi connectivity index (χ1n) is 5.70. The van der Waals surface area contributed by atoms with Crippen molar-refractivity contribution in [2.45, 2.75) is 26.3 Å². The Kier molecular flexibility index (Phi) is 4.19. The van der Waals surface area contributed by atoms with Gasteiger partial charge in [0.2, 0.25) is 0 Å². The van der Waals surface area contributed by atoms with Crippen LogP contribution in [-0.4, -0.2) is 26.0 Å². The number of carbonyl (C=O) groups excluding carboxylic acids is 1. The molecule has 2 aromatic rings. The van der Waals surface area contributed by atoms with E-state index in [0.29, 0.717) is 18.7 Å². The lowest BCUT2D eigenvalue weighted by Crippen LogP contribution is -2.13. The fourth-order valence-corrected chi connectivity index (χ4v) is 1.80. The van der Waals surface area contributed by atoms with Crippen molar-refractivity contribution in [3.63, 3.8) is 0 Å². The van der Waals surface area contributed by atoms with E-state index in [2.05, 4.69) is 31.5 Å². The van der Waals surface area contributed by atoms with E-state index in [-0.39, 0.29) is 12.3 Å². The molecule has 18 heavy (non-hydrogen) atoms. The molecule has 0 aliphatic carbocycles. The van der Waals surface area contributed by atoms with Gasteiger partial charge < -0.3 is 0 Å². The number of ketones is 1. The molecule has 0 saturated heterocycles. The first-order valence-corrected chi connectivity index (χ1v) is 6.49. The first-order chi connectivity index (χ1) is 8.69. The molecule has 94 valence electrons. The smallest absolute Gasteiger partial charge is 0.156 e. The molecule has 0 N–H and O–H groups in total. The summed E-state index contributed by atoms with van der Waals surface area (Å²) in [4.78, 5) is 11.4. The quantitative estimate of drug-likeness (QED) is 0.847. The molecule has 1 aromatic carbocycles. The fraction of sp³-hybridized carbons (Fsp3) is 0.333. The largest absolute Gasteiger partial charge is 0.298 e. The molecule has 0 aliphatic rings. The highest BCUT2D eigenvalue weighted by atomic mass is 79.9. The summed E-state index contributed by atoms with van der Waals surface area (Å²) in [5.74, 6) is 0.832. The number of hydrogen-bond donors (Lipinski definition) is 0. The van der Waals surface area contributed by atoms with Crippen molar-refractivity contribution < 1.29 is 4.79 Å². The summed E-state index contributed by atoms with van der Waals surface area (Å²) in [5.41, 5.74) is 1.11. The summed E-state index contributed by atoms with van der Waals surface area (Å²) in [6.07, 6.45) is 1.12. The van der Waals surface area contributed by atoms with Crippen molar-refractivity contribution in [1.82, 2.24) is 20.2 Å². The Balaban J connectivity index is 2.12. The minimum atomic E-state index is 0.124. The van der Waals surface area contributed by atoms with Gasteiger partial charge in [0.25, 0.3) is 0 Å². The van der Waals surface area contributed by atoms with Crippen LogP contribution in [0.4, 0.5) is 0 Å². The zero-order valence-corrected chi connectivity index (χ0v) is 11.6. The van der Waals surface area contributed by atoms with E-state index < -0.39 is 0 Å². The third-order valence-corrected chi connectivity index (χ3v) is 3.13. The van der Waals surface area contributed by atoms with Crippen molar-refractivity contribution in [1.29, 1.82) is 0 Å². The summed E-state index contributed by atoms with van der Waals surface area (Å²) in [7, 11) is 0. The maximum Gasteiger partial charge on any atom is 0.156 e. The van der Waals surface area contributed by atoms with Gasteiger partial charge >= 0.3 is 0 Å². The Labute approximate surface area is 113 Å². The van der Waals surface area contributed by atoms with Crippen LogP contribution in [0.1, 0.15) is 24.7 Å². The average molecular weight is 309 g/mol. The fourth-order valence-electron chi connectivity index (χ4n) is 1.54. The number of hydrogen-bond acceptors (Lipinski definition) is 4. The lowest BCUT2D eigenvalue weighted by atomic mass is 10.1. The van der Waals surface area contributed by atoms with Gasteiger partial charge in [0, 0.05) is 17.3 Å². The van der Waals surface area contributed by atoms with E-state index in [4.69, 9.17) is 0 Å². The molecule has 2 rings (SSSR count). The van der Waals surface area contributed by atoms with Crippen molar-refractivity contribution in [3.05, 3.63) is 40.1 Å². The van der Waals surface area contributed by atoms with Gasteiger partial charge in [0.05, 0.1) is 0 Å². The van der Waals surface area contributed by atoms with Gasteiger partial charge in [-0.1, -0.05) is 35.0 Å². The molecule has 0 bridgehead atoms. The Morgan fingerprint density at radius 1 is 1.33 bits per heavy atom. The molecule has 0 spiro atoms. The summed E-state index contributed by atoms with van der Waals surface area (Å²) >= 11 is 3.39. The molecule has 0 radical (unpaired) electrons. The second-order valence-corrected chi connectivity index (χ2v) is 4.86. The van der Waals surface area contributed by atoms with Crippen LogP contribution in [-0.2, 0) is 17.8 Å². The van der Waals surface area contributed by atoms with Crippen molar-refractivity contribution >= 4 is 21.7 Å². The van der Waals surface area contributed by atoms with E-state index in [1.54, 1.807) is 4.68 Å². The highest BCUT2D eigenvalue weighted by molar-refractivity contribution is 9.10. The predicted octanol–water partition coefficient (Wildman–Crippen LogP) is 2.01. The minimum Gasteiger partial charge on any atom is -0.298 e. The van der Waals surface area contributed by atoms with Crippen LogP contribution in [0, 0.1) is 0 Å². The highest BCUT2D eigenvalue weighted by Crippen LogP contribution is 2.12. The molecule has 1 heterocycles. The van der Waals surface area contributed by atoms with Gasteiger partial charge in [-0.05, 0) is 28.1 Å². The number of carbonyl (C=O) groups is 1. The molecular formula is C12H13BrN4O. The number of nitrogens with zero attached hydrogens (tertiary/aromatic N) is 4. The molecule has 0 amide bonds. The van der Waals surface area contributed by atoms with Gasteiger partial charge in [-0.25, -0.2) is 4.68 Å². The number of aromatic nitrogens is 4. The Bertz CT molecular complexity index is 535. The number of halogens is 1. The van der Waals surface area contributed by atoms with E-state index in [1.807, 2.05) is 31.2 Å². The van der Waals surface area contributed by atoms with Crippen LogP contribution in [0.25, 0.3) is 0 Å². The lowest BCUT2D eigenvalue weighted by Gasteiger charge is -2.03. The first kappa shape index (κ1) is 12.9. The number of tetrazole rings is 1. The van der Waals surface area contributed by atoms with Gasteiger partial charge in [-0.2, -0.15) is 0 Å². The normalized spacial score (nSPS) is 10.6. The molecular weight excluding hydrogens is 296 g/mol. The molecule has 0 unspecified atom stereocenters. The monoisotopic (exact) mass is 308 g/mol. The van der Waals surface area contributed by atoms with E-state index >= 15 is 0 Å². The van der Waals surface area contributed by atoms with E-state index in [1.165, 1.54) is 0 Å². The summed E-state index contributed by atoms with van der Waals surface area (Å²) < 4.78 is 2.60. The zero-order valence-electron chi connectivity index (χ0n) is 10.0. The second-order valence-electron chi connectivity index (χ2n) is 3.95. The van der Waals surface area contributed by atoms with Crippen LogP contribution >= 0.6 is 15.9 Å². The number of rotatable bonds is 5. The van der Waals surface area contributed by atoms with Crippen LogP contribution in [0.15, 0.2) is 28.7 Å². The maximum absolute atomic E-state index is 11.4. The van der Waals surface area contributed by atoms with Gasteiger partial charge in [-0.3, -0.25) is 4.79 Å². The van der Waals surface area contributed by atoms with Crippen molar-refractivity contribution in [3.8, 4) is 0 Å². The third-order valence-electron chi connectivity index (χ3n) is 2.60. The van der Waals surface area contributed by atoms with Crippen molar-refractivity contribution in [2.24, 2.45) is 0 Å². The number of benzene rings is 1. The second kappa shape index (κ2) is 5.86. The van der Waals surface area contributed by atoms with Crippen LogP contribution in [0.3, 0.4) is 0 Å². The molecule has 0 fully saturated rings. The minimum absolute atomic E-state index is 0.124. The van der Waals surface area contributed by atoms with Crippen LogP contribution < -0.4 is 0 Å². The van der Waals surface area contributed by atoms with E-state index in [9.17, 15) is 4.79 Å². The third kappa shape index (κ3) is 3.22. The van der Waals surface area contributed by atoms with Gasteiger partial charge in [0.1, 0.15) is 6.54 Å². The highest BCUT2D eigenvalue weighted by Gasteiger charge is 2.09. The molecule has 0 saturated carbocycles. The standard InChI is InChI=1S/C12H13BrN4O/c1-2-11(18)8-17-12(14-15-16-17)7-9-3-5-10(13)6-4-9/h3-6H,2,7-8H2,1H3. The lowest BCUT2D eigenvalue weighted by molar-refractivity contribution is -0.119. The summed E-state index contributed by atoms with van der Waals surface area (Å²) in [5, 5.41) is 11.4. The summed E-state index contributed by atoms with van der Waals surface area (Å²) in [6, 6.07) is 7.96. The molecule has 5 nitrogen and oxygen atoms in total. The van der Waals surface area contributed by atoms with E-state index in [0.717, 1.165) is 10.0 Å². The molecule has 0 atom stereocenters. The van der Waals surface area contributed by atoms with Gasteiger partial charge in [-0.15, -0.1) is 5.10 Å². The average Bonchev–Trinajstić information content (AvgIpc) is 2.79. The van der Waals surface area contributed by atoms with Gasteiger partial charge in [0.15, 0.2) is 11.6 Å². The molecule has 6 heteroatoms. The Morgan fingerprint density at radius 3 is 2.72 bits per heavy atom. The number of Topliss-reactive ketones (excluding diaryl/α,β-unsaturated/α-hetero) is 1. The predicted molar refractivity (Wildman–Crippen MR) is 70.1 cm³/mol. The SMILES string of the molecule is CCC(=O)Cn1nnnc1Cc1ccc(Br)cc1. The maximum atomic E-state index is 11.4.